The maximum atomic E-state index is 12.8. The topological polar surface area (TPSA) is 82.1 Å². The van der Waals surface area contributed by atoms with E-state index in [4.69, 9.17) is 4.42 Å². The fourth-order valence-corrected chi connectivity index (χ4v) is 3.02. The summed E-state index contributed by atoms with van der Waals surface area (Å²) in [6, 6.07) is 11.3. The Hall–Kier alpha value is -3.35. The molecule has 0 saturated carbocycles. The van der Waals surface area contributed by atoms with Gasteiger partial charge in [0.05, 0.1) is 19.0 Å². The van der Waals surface area contributed by atoms with Crippen LogP contribution < -0.4 is 10.9 Å². The van der Waals surface area contributed by atoms with Crippen LogP contribution >= 0.6 is 0 Å². The molecule has 0 unspecified atom stereocenters. The normalized spacial score (nSPS) is 11.2. The van der Waals surface area contributed by atoms with E-state index in [9.17, 15) is 9.59 Å². The highest BCUT2D eigenvalue weighted by molar-refractivity contribution is 6.07. The van der Waals surface area contributed by atoms with Crippen LogP contribution in [0.1, 0.15) is 5.76 Å². The molecule has 0 atom stereocenters. The van der Waals surface area contributed by atoms with Gasteiger partial charge in [0.1, 0.15) is 17.8 Å². The van der Waals surface area contributed by atoms with Crippen LogP contribution in [0.3, 0.4) is 0 Å². The minimum Gasteiger partial charge on any atom is -0.467 e. The van der Waals surface area contributed by atoms with E-state index >= 15 is 0 Å². The number of furan rings is 1. The SMILES string of the molecule is Cn1c2ccccc2c2cnn(CC(=O)NCc3ccco3)c(=O)c21. The summed E-state index contributed by atoms with van der Waals surface area (Å²) in [5, 5.41) is 8.63. The molecule has 4 aromatic rings. The zero-order valence-electron chi connectivity index (χ0n) is 13.6. The molecule has 7 nitrogen and oxygen atoms in total. The molecule has 1 aromatic carbocycles. The second-order valence-electron chi connectivity index (χ2n) is 5.80. The van der Waals surface area contributed by atoms with E-state index in [-0.39, 0.29) is 24.6 Å². The fraction of sp³-hybridized carbons (Fsp3) is 0.167. The summed E-state index contributed by atoms with van der Waals surface area (Å²) in [5.41, 5.74) is 1.20. The van der Waals surface area contributed by atoms with E-state index in [1.807, 2.05) is 35.9 Å². The monoisotopic (exact) mass is 336 g/mol. The highest BCUT2D eigenvalue weighted by Gasteiger charge is 2.15. The van der Waals surface area contributed by atoms with E-state index in [1.54, 1.807) is 24.6 Å². The number of rotatable bonds is 4. The summed E-state index contributed by atoms with van der Waals surface area (Å²) >= 11 is 0. The van der Waals surface area contributed by atoms with Crippen molar-refractivity contribution in [1.29, 1.82) is 0 Å². The predicted octanol–water partition coefficient (Wildman–Crippen LogP) is 1.80. The molecule has 0 aliphatic rings. The number of carbonyl (C=O) groups excluding carboxylic acids is 1. The Morgan fingerprint density at radius 2 is 2.04 bits per heavy atom. The lowest BCUT2D eigenvalue weighted by molar-refractivity contribution is -0.122. The third-order valence-corrected chi connectivity index (χ3v) is 4.24. The molecule has 7 heteroatoms. The summed E-state index contributed by atoms with van der Waals surface area (Å²) in [6.07, 6.45) is 3.18. The van der Waals surface area contributed by atoms with Crippen LogP contribution in [0.5, 0.6) is 0 Å². The molecule has 126 valence electrons. The number of fused-ring (bicyclic) bond motifs is 3. The Bertz CT molecular complexity index is 1120. The Kier molecular flexibility index (Phi) is 3.61. The van der Waals surface area contributed by atoms with E-state index in [0.717, 1.165) is 16.3 Å². The van der Waals surface area contributed by atoms with Crippen LogP contribution in [0.2, 0.25) is 0 Å². The number of nitrogens with zero attached hydrogens (tertiary/aromatic N) is 3. The molecular weight excluding hydrogens is 320 g/mol. The van der Waals surface area contributed by atoms with E-state index in [2.05, 4.69) is 10.4 Å². The zero-order chi connectivity index (χ0) is 17.4. The number of hydrogen-bond acceptors (Lipinski definition) is 4. The van der Waals surface area contributed by atoms with Crippen LogP contribution in [0.25, 0.3) is 21.8 Å². The number of amides is 1. The molecule has 1 amide bonds. The maximum Gasteiger partial charge on any atom is 0.291 e. The molecular formula is C18H16N4O3. The van der Waals surface area contributed by atoms with Gasteiger partial charge in [0.2, 0.25) is 5.91 Å². The fourth-order valence-electron chi connectivity index (χ4n) is 3.02. The van der Waals surface area contributed by atoms with E-state index in [1.165, 1.54) is 4.68 Å². The van der Waals surface area contributed by atoms with Crippen LogP contribution in [-0.4, -0.2) is 20.3 Å². The van der Waals surface area contributed by atoms with Crippen LogP contribution in [0.15, 0.2) is 58.1 Å². The molecule has 0 fully saturated rings. The Morgan fingerprint density at radius 1 is 1.20 bits per heavy atom. The number of benzene rings is 1. The van der Waals surface area contributed by atoms with Gasteiger partial charge in [-0.2, -0.15) is 5.10 Å². The molecule has 25 heavy (non-hydrogen) atoms. The number of nitrogens with one attached hydrogen (secondary N) is 1. The molecule has 4 rings (SSSR count). The first-order chi connectivity index (χ1) is 12.1. The largest absolute Gasteiger partial charge is 0.467 e. The number of hydrogen-bond donors (Lipinski definition) is 1. The summed E-state index contributed by atoms with van der Waals surface area (Å²) in [4.78, 5) is 24.9. The Balaban J connectivity index is 1.65. The maximum absolute atomic E-state index is 12.8. The Labute approximate surface area is 142 Å². The van der Waals surface area contributed by atoms with Crippen LogP contribution in [0, 0.1) is 0 Å². The van der Waals surface area contributed by atoms with Crippen molar-refractivity contribution in [2.24, 2.45) is 7.05 Å². The van der Waals surface area contributed by atoms with Crippen molar-refractivity contribution in [1.82, 2.24) is 19.7 Å². The first kappa shape index (κ1) is 15.2. The third kappa shape index (κ3) is 2.59. The van der Waals surface area contributed by atoms with E-state index < -0.39 is 0 Å². The minimum atomic E-state index is -0.302. The molecule has 0 radical (unpaired) electrons. The van der Waals surface area contributed by atoms with Gasteiger partial charge in [0.25, 0.3) is 5.56 Å². The van der Waals surface area contributed by atoms with Crippen LogP contribution in [-0.2, 0) is 24.9 Å². The van der Waals surface area contributed by atoms with Gasteiger partial charge in [-0.05, 0) is 18.2 Å². The zero-order valence-corrected chi connectivity index (χ0v) is 13.6. The van der Waals surface area contributed by atoms with Crippen molar-refractivity contribution in [3.8, 4) is 0 Å². The van der Waals surface area contributed by atoms with E-state index in [0.29, 0.717) is 11.3 Å². The number of aromatic nitrogens is 3. The van der Waals surface area contributed by atoms with Gasteiger partial charge in [-0.3, -0.25) is 9.59 Å². The lowest BCUT2D eigenvalue weighted by Gasteiger charge is -2.06. The number of aryl methyl sites for hydroxylation is 1. The van der Waals surface area contributed by atoms with Crippen molar-refractivity contribution in [3.05, 3.63) is 65.0 Å². The first-order valence-electron chi connectivity index (χ1n) is 7.87. The Morgan fingerprint density at radius 3 is 2.84 bits per heavy atom. The number of carbonyl (C=O) groups is 1. The minimum absolute atomic E-state index is 0.142. The average molecular weight is 336 g/mol. The lowest BCUT2D eigenvalue weighted by Crippen LogP contribution is -2.33. The van der Waals surface area contributed by atoms with Gasteiger partial charge >= 0.3 is 0 Å². The van der Waals surface area contributed by atoms with Crippen molar-refractivity contribution in [2.75, 3.05) is 0 Å². The molecule has 0 aliphatic heterocycles. The number of para-hydroxylation sites is 1. The molecule has 0 spiro atoms. The molecule has 1 N–H and O–H groups in total. The van der Waals surface area contributed by atoms with Gasteiger partial charge < -0.3 is 14.3 Å². The molecule has 3 heterocycles. The standard InChI is InChI=1S/C18H16N4O3/c1-21-15-7-3-2-6-13(15)14-10-20-22(18(24)17(14)21)11-16(23)19-9-12-5-4-8-25-12/h2-8,10H,9,11H2,1H3,(H,19,23). The van der Waals surface area contributed by atoms with Gasteiger partial charge in [-0.1, -0.05) is 18.2 Å². The molecule has 0 aliphatic carbocycles. The third-order valence-electron chi connectivity index (χ3n) is 4.24. The quantitative estimate of drug-likeness (QED) is 0.616. The van der Waals surface area contributed by atoms with Gasteiger partial charge in [-0.25, -0.2) is 4.68 Å². The predicted molar refractivity (Wildman–Crippen MR) is 93.0 cm³/mol. The second-order valence-corrected chi connectivity index (χ2v) is 5.80. The highest BCUT2D eigenvalue weighted by Crippen LogP contribution is 2.24. The molecule has 0 saturated heterocycles. The summed E-state index contributed by atoms with van der Waals surface area (Å²) < 4.78 is 8.18. The molecule has 3 aromatic heterocycles. The lowest BCUT2D eigenvalue weighted by atomic mass is 10.2. The van der Waals surface area contributed by atoms with Crippen molar-refractivity contribution in [2.45, 2.75) is 13.1 Å². The first-order valence-corrected chi connectivity index (χ1v) is 7.87. The van der Waals surface area contributed by atoms with Crippen molar-refractivity contribution < 1.29 is 9.21 Å². The summed E-state index contributed by atoms with van der Waals surface area (Å²) in [7, 11) is 1.84. The van der Waals surface area contributed by atoms with Crippen LogP contribution in [0.4, 0.5) is 0 Å². The average Bonchev–Trinajstić information content (AvgIpc) is 3.23. The second kappa shape index (κ2) is 5.94. The summed E-state index contributed by atoms with van der Waals surface area (Å²) in [5.74, 6) is 0.349. The smallest absolute Gasteiger partial charge is 0.291 e. The van der Waals surface area contributed by atoms with Gasteiger partial charge in [-0.15, -0.1) is 0 Å². The van der Waals surface area contributed by atoms with Crippen molar-refractivity contribution in [3.63, 3.8) is 0 Å². The van der Waals surface area contributed by atoms with Crippen molar-refractivity contribution >= 4 is 27.7 Å². The van der Waals surface area contributed by atoms with Gasteiger partial charge in [0, 0.05) is 23.3 Å². The molecule has 0 bridgehead atoms. The van der Waals surface area contributed by atoms with Gasteiger partial charge in [0.15, 0.2) is 0 Å². The highest BCUT2D eigenvalue weighted by atomic mass is 16.3. The summed E-state index contributed by atoms with van der Waals surface area (Å²) in [6.45, 7) is 0.133.